The quantitative estimate of drug-likeness (QED) is 0.264. The molecule has 1 aromatic heterocycles. The highest BCUT2D eigenvalue weighted by molar-refractivity contribution is 8.03. The predicted molar refractivity (Wildman–Crippen MR) is 135 cm³/mol. The van der Waals surface area contributed by atoms with E-state index >= 15 is 0 Å². The van der Waals surface area contributed by atoms with Crippen molar-refractivity contribution in [1.82, 2.24) is 4.98 Å². The largest absolute Gasteiger partial charge is 0.264 e. The zero-order valence-corrected chi connectivity index (χ0v) is 18.2. The highest BCUT2D eigenvalue weighted by Crippen LogP contribution is 2.46. The van der Waals surface area contributed by atoms with E-state index in [-0.39, 0.29) is 5.83 Å². The molecule has 0 fully saturated rings. The van der Waals surface area contributed by atoms with Gasteiger partial charge in [-0.2, -0.15) is 0 Å². The minimum atomic E-state index is -0.0417. The monoisotopic (exact) mass is 433 g/mol. The summed E-state index contributed by atoms with van der Waals surface area (Å²) in [5.74, 6) is -0.0417. The summed E-state index contributed by atoms with van der Waals surface area (Å²) < 4.78 is 13.6. The Balaban J connectivity index is 1.64. The van der Waals surface area contributed by atoms with Crippen LogP contribution in [0.15, 0.2) is 113 Å². The van der Waals surface area contributed by atoms with Gasteiger partial charge in [0.2, 0.25) is 0 Å². The van der Waals surface area contributed by atoms with Crippen LogP contribution in [0, 0.1) is 0 Å². The number of pyridine rings is 1. The molecule has 0 N–H and O–H groups in total. The van der Waals surface area contributed by atoms with Crippen molar-refractivity contribution in [3.05, 3.63) is 108 Å². The molecule has 1 aliphatic rings. The van der Waals surface area contributed by atoms with Gasteiger partial charge in [0.15, 0.2) is 0 Å². The fraction of sp³-hybridized carbons (Fsp3) is 0.0690. The Labute approximate surface area is 190 Å². The number of halogens is 1. The van der Waals surface area contributed by atoms with Gasteiger partial charge >= 0.3 is 0 Å². The summed E-state index contributed by atoms with van der Waals surface area (Å²) in [6, 6.07) is 25.8. The normalized spacial score (nSPS) is 14.0. The Morgan fingerprint density at radius 3 is 2.34 bits per heavy atom. The van der Waals surface area contributed by atoms with Gasteiger partial charge in [0.05, 0.1) is 0 Å². The van der Waals surface area contributed by atoms with Crippen molar-refractivity contribution in [3.63, 3.8) is 0 Å². The predicted octanol–water partition coefficient (Wildman–Crippen LogP) is 8.83. The maximum atomic E-state index is 13.6. The molecular formula is C29H20FNS. The lowest BCUT2D eigenvalue weighted by atomic mass is 9.92. The summed E-state index contributed by atoms with van der Waals surface area (Å²) >= 11 is 1.75. The molecular weight excluding hydrogens is 413 g/mol. The number of hydrogen-bond donors (Lipinski definition) is 0. The number of rotatable bonds is 3. The SMILES string of the molecule is FC1=CC=C(Sc2c3ccccc3c(-c3ccc4ccccc4c3)c3cnccc23)CC1. The average Bonchev–Trinajstić information content (AvgIpc) is 2.85. The molecule has 0 radical (unpaired) electrons. The van der Waals surface area contributed by atoms with Crippen LogP contribution in [0.25, 0.3) is 43.4 Å². The van der Waals surface area contributed by atoms with Gasteiger partial charge < -0.3 is 0 Å². The molecule has 0 bridgehead atoms. The first-order valence-corrected chi connectivity index (χ1v) is 11.6. The standard InChI is InChI=1S/C29H20FNS/c30-22-11-13-23(14-12-22)32-29-25-8-4-3-7-24(25)28(27-18-31-16-15-26(27)29)21-10-9-19-5-1-2-6-20(19)17-21/h1-11,13,15-18H,12,14H2. The molecule has 5 aromatic rings. The third kappa shape index (κ3) is 3.30. The minimum absolute atomic E-state index is 0.0417. The number of fused-ring (bicyclic) bond motifs is 3. The smallest absolute Gasteiger partial charge is 0.100 e. The molecule has 0 aliphatic heterocycles. The number of nitrogens with zero attached hydrogens (tertiary/aromatic N) is 1. The number of hydrogen-bond acceptors (Lipinski definition) is 2. The van der Waals surface area contributed by atoms with E-state index in [1.54, 1.807) is 17.8 Å². The van der Waals surface area contributed by atoms with Crippen LogP contribution in [0.4, 0.5) is 4.39 Å². The van der Waals surface area contributed by atoms with Crippen LogP contribution >= 0.6 is 11.8 Å². The molecule has 0 unspecified atom stereocenters. The second kappa shape index (κ2) is 7.92. The molecule has 0 saturated heterocycles. The first-order chi connectivity index (χ1) is 15.8. The highest BCUT2D eigenvalue weighted by atomic mass is 32.2. The number of benzene rings is 4. The van der Waals surface area contributed by atoms with Crippen LogP contribution in [-0.4, -0.2) is 4.98 Å². The van der Waals surface area contributed by atoms with E-state index in [4.69, 9.17) is 0 Å². The van der Waals surface area contributed by atoms with E-state index < -0.39 is 0 Å². The van der Waals surface area contributed by atoms with Crippen molar-refractivity contribution in [2.75, 3.05) is 0 Å². The second-order valence-corrected chi connectivity index (χ2v) is 9.22. The lowest BCUT2D eigenvalue weighted by molar-refractivity contribution is 0.586. The number of aromatic nitrogens is 1. The Hall–Kier alpha value is -3.43. The van der Waals surface area contributed by atoms with E-state index in [2.05, 4.69) is 77.8 Å². The van der Waals surface area contributed by atoms with Crippen LogP contribution in [0.2, 0.25) is 0 Å². The topological polar surface area (TPSA) is 12.9 Å². The van der Waals surface area contributed by atoms with Crippen LogP contribution in [-0.2, 0) is 0 Å². The first-order valence-electron chi connectivity index (χ1n) is 10.8. The van der Waals surface area contributed by atoms with Gasteiger partial charge in [-0.3, -0.25) is 4.98 Å². The lowest BCUT2D eigenvalue weighted by Crippen LogP contribution is -1.92. The highest BCUT2D eigenvalue weighted by Gasteiger charge is 2.18. The van der Waals surface area contributed by atoms with Crippen LogP contribution in [0.5, 0.6) is 0 Å². The van der Waals surface area contributed by atoms with Gasteiger partial charge in [0.25, 0.3) is 0 Å². The summed E-state index contributed by atoms with van der Waals surface area (Å²) in [4.78, 5) is 6.88. The third-order valence-electron chi connectivity index (χ3n) is 6.11. The Bertz CT molecular complexity index is 1510. The van der Waals surface area contributed by atoms with Crippen LogP contribution in [0.1, 0.15) is 12.8 Å². The third-order valence-corrected chi connectivity index (χ3v) is 7.35. The molecule has 32 heavy (non-hydrogen) atoms. The van der Waals surface area contributed by atoms with E-state index in [0.29, 0.717) is 6.42 Å². The summed E-state index contributed by atoms with van der Waals surface area (Å²) in [5.41, 5.74) is 2.40. The summed E-state index contributed by atoms with van der Waals surface area (Å²) in [6.07, 6.45) is 8.57. The van der Waals surface area contributed by atoms with E-state index in [1.807, 2.05) is 18.5 Å². The molecule has 1 heterocycles. The second-order valence-electron chi connectivity index (χ2n) is 8.08. The van der Waals surface area contributed by atoms with Crippen molar-refractivity contribution < 1.29 is 4.39 Å². The summed E-state index contributed by atoms with van der Waals surface area (Å²) in [6.45, 7) is 0. The number of allylic oxidation sites excluding steroid dienone is 4. The number of thioether (sulfide) groups is 1. The Morgan fingerprint density at radius 2 is 1.50 bits per heavy atom. The first kappa shape index (κ1) is 19.3. The summed E-state index contributed by atoms with van der Waals surface area (Å²) in [5, 5.41) is 7.22. The van der Waals surface area contributed by atoms with Crippen molar-refractivity contribution in [2.45, 2.75) is 17.7 Å². The molecule has 4 aromatic carbocycles. The van der Waals surface area contributed by atoms with Gasteiger partial charge in [-0.15, -0.1) is 0 Å². The summed E-state index contributed by atoms with van der Waals surface area (Å²) in [7, 11) is 0. The molecule has 1 aliphatic carbocycles. The molecule has 1 nitrogen and oxygen atoms in total. The van der Waals surface area contributed by atoms with Gasteiger partial charge in [-0.25, -0.2) is 4.39 Å². The molecule has 154 valence electrons. The van der Waals surface area contributed by atoms with E-state index in [1.165, 1.54) is 47.9 Å². The molecule has 0 amide bonds. The average molecular weight is 434 g/mol. The maximum Gasteiger partial charge on any atom is 0.100 e. The minimum Gasteiger partial charge on any atom is -0.264 e. The molecule has 6 rings (SSSR count). The Kier molecular flexibility index (Phi) is 4.77. The van der Waals surface area contributed by atoms with Crippen molar-refractivity contribution in [3.8, 4) is 11.1 Å². The van der Waals surface area contributed by atoms with E-state index in [0.717, 1.165) is 11.8 Å². The van der Waals surface area contributed by atoms with Crippen molar-refractivity contribution in [2.24, 2.45) is 0 Å². The molecule has 0 spiro atoms. The lowest BCUT2D eigenvalue weighted by Gasteiger charge is -2.18. The zero-order valence-electron chi connectivity index (χ0n) is 17.4. The fourth-order valence-electron chi connectivity index (χ4n) is 4.56. The zero-order chi connectivity index (χ0) is 21.5. The molecule has 0 saturated carbocycles. The van der Waals surface area contributed by atoms with Gasteiger partial charge in [0, 0.05) is 29.1 Å². The van der Waals surface area contributed by atoms with Crippen molar-refractivity contribution >= 4 is 44.1 Å². The fourth-order valence-corrected chi connectivity index (χ4v) is 5.73. The molecule has 0 atom stereocenters. The van der Waals surface area contributed by atoms with Crippen molar-refractivity contribution in [1.29, 1.82) is 0 Å². The van der Waals surface area contributed by atoms with Gasteiger partial charge in [-0.05, 0) is 73.7 Å². The Morgan fingerprint density at radius 1 is 0.719 bits per heavy atom. The maximum absolute atomic E-state index is 13.6. The van der Waals surface area contributed by atoms with Crippen LogP contribution < -0.4 is 0 Å². The molecule has 3 heteroatoms. The van der Waals surface area contributed by atoms with Crippen LogP contribution in [0.3, 0.4) is 0 Å². The van der Waals surface area contributed by atoms with Gasteiger partial charge in [-0.1, -0.05) is 72.4 Å². The van der Waals surface area contributed by atoms with E-state index in [9.17, 15) is 4.39 Å². The van der Waals surface area contributed by atoms with Gasteiger partial charge in [0.1, 0.15) is 5.83 Å².